The second-order valence-electron chi connectivity index (χ2n) is 5.53. The summed E-state index contributed by atoms with van der Waals surface area (Å²) in [6, 6.07) is 6.51. The van der Waals surface area contributed by atoms with Crippen molar-refractivity contribution in [2.24, 2.45) is 7.05 Å². The number of hydrogen-bond acceptors (Lipinski definition) is 2. The van der Waals surface area contributed by atoms with E-state index in [4.69, 9.17) is 0 Å². The number of aromatic nitrogens is 2. The molecule has 2 rings (SSSR count). The van der Waals surface area contributed by atoms with Gasteiger partial charge in [0, 0.05) is 25.4 Å². The zero-order valence-corrected chi connectivity index (χ0v) is 13.3. The molecule has 0 fully saturated rings. The first-order valence-corrected chi connectivity index (χ1v) is 7.42. The fraction of sp³-hybridized carbons (Fsp3) is 0.375. The van der Waals surface area contributed by atoms with Crippen molar-refractivity contribution < 1.29 is 18.0 Å². The third-order valence-corrected chi connectivity index (χ3v) is 3.64. The molecular formula is C16H19F3N4O. The molecular weight excluding hydrogens is 321 g/mol. The molecule has 0 aliphatic heterocycles. The van der Waals surface area contributed by atoms with Gasteiger partial charge in [-0.1, -0.05) is 30.3 Å². The molecule has 5 nitrogen and oxygen atoms in total. The molecule has 0 aliphatic carbocycles. The van der Waals surface area contributed by atoms with Crippen LogP contribution in [0.5, 0.6) is 0 Å². The van der Waals surface area contributed by atoms with Gasteiger partial charge in [0.05, 0.1) is 18.2 Å². The third-order valence-electron chi connectivity index (χ3n) is 3.64. The summed E-state index contributed by atoms with van der Waals surface area (Å²) in [5.74, 6) is -1.75. The van der Waals surface area contributed by atoms with Gasteiger partial charge >= 0.3 is 12.2 Å². The van der Waals surface area contributed by atoms with Crippen molar-refractivity contribution in [1.29, 1.82) is 0 Å². The van der Waals surface area contributed by atoms with Gasteiger partial charge in [-0.25, -0.2) is 4.79 Å². The Morgan fingerprint density at radius 2 is 1.92 bits per heavy atom. The lowest BCUT2D eigenvalue weighted by Crippen LogP contribution is -2.41. The molecule has 0 saturated carbocycles. The van der Waals surface area contributed by atoms with E-state index < -0.39 is 24.7 Å². The first kappa shape index (κ1) is 17.8. The number of amides is 2. The minimum Gasteiger partial charge on any atom is -0.337 e. The normalized spacial score (nSPS) is 14.0. The van der Waals surface area contributed by atoms with E-state index in [0.29, 0.717) is 0 Å². The summed E-state index contributed by atoms with van der Waals surface area (Å²) < 4.78 is 41.2. The van der Waals surface area contributed by atoms with Crippen LogP contribution in [0.15, 0.2) is 42.7 Å². The number of halogens is 3. The number of benzene rings is 1. The Morgan fingerprint density at radius 1 is 1.25 bits per heavy atom. The molecule has 0 spiro atoms. The largest absolute Gasteiger partial charge is 0.397 e. The van der Waals surface area contributed by atoms with Crippen molar-refractivity contribution in [2.45, 2.75) is 25.1 Å². The number of alkyl halides is 3. The maximum Gasteiger partial charge on any atom is 0.397 e. The fourth-order valence-corrected chi connectivity index (χ4v) is 2.30. The fourth-order valence-electron chi connectivity index (χ4n) is 2.30. The maximum absolute atomic E-state index is 13.2. The summed E-state index contributed by atoms with van der Waals surface area (Å²) in [7, 11) is 1.74. The van der Waals surface area contributed by atoms with Gasteiger partial charge in [-0.05, 0) is 12.5 Å². The molecule has 130 valence electrons. The van der Waals surface area contributed by atoms with Gasteiger partial charge in [-0.15, -0.1) is 0 Å². The van der Waals surface area contributed by atoms with E-state index in [-0.39, 0.29) is 11.6 Å². The number of hydrogen-bond donors (Lipinski definition) is 2. The maximum atomic E-state index is 13.2. The minimum absolute atomic E-state index is 0.116. The topological polar surface area (TPSA) is 59.0 Å². The van der Waals surface area contributed by atoms with Crippen molar-refractivity contribution in [1.82, 2.24) is 20.4 Å². The van der Waals surface area contributed by atoms with E-state index in [1.165, 1.54) is 12.1 Å². The van der Waals surface area contributed by atoms with Gasteiger partial charge in [-0.2, -0.15) is 18.3 Å². The monoisotopic (exact) mass is 340 g/mol. The highest BCUT2D eigenvalue weighted by Crippen LogP contribution is 2.34. The zero-order valence-electron chi connectivity index (χ0n) is 13.3. The standard InChI is InChI=1S/C16H19F3N4O/c1-11(13-8-21-23(2)10-13)22-15(24)20-9-14(16(17,18)19)12-6-4-3-5-7-12/h3-8,10-11,14H,9H2,1-2H3,(H2,20,22,24)/t11-,14-/m0/s1. The predicted molar refractivity (Wildman–Crippen MR) is 83.4 cm³/mol. The summed E-state index contributed by atoms with van der Waals surface area (Å²) in [5, 5.41) is 8.88. The number of rotatable bonds is 5. The highest BCUT2D eigenvalue weighted by atomic mass is 19.4. The van der Waals surface area contributed by atoms with Crippen LogP contribution in [0.1, 0.15) is 30.0 Å². The van der Waals surface area contributed by atoms with Crippen molar-refractivity contribution in [3.8, 4) is 0 Å². The summed E-state index contributed by atoms with van der Waals surface area (Å²) in [6.07, 6.45) is -1.12. The molecule has 1 heterocycles. The molecule has 2 atom stereocenters. The number of nitrogens with one attached hydrogen (secondary N) is 2. The van der Waals surface area contributed by atoms with Crippen LogP contribution in [-0.4, -0.2) is 28.5 Å². The predicted octanol–water partition coefficient (Wildman–Crippen LogP) is 3.13. The van der Waals surface area contributed by atoms with E-state index in [2.05, 4.69) is 15.7 Å². The Bertz CT molecular complexity index is 669. The SMILES string of the molecule is C[C@H](NC(=O)NC[C@@H](c1ccccc1)C(F)(F)F)c1cnn(C)c1. The van der Waals surface area contributed by atoms with Gasteiger partial charge in [0.2, 0.25) is 0 Å². The average molecular weight is 340 g/mol. The van der Waals surface area contributed by atoms with E-state index in [1.54, 1.807) is 49.2 Å². The molecule has 0 saturated heterocycles. The number of carbonyl (C=O) groups excluding carboxylic acids is 1. The summed E-state index contributed by atoms with van der Waals surface area (Å²) in [5.41, 5.74) is 0.883. The lowest BCUT2D eigenvalue weighted by Gasteiger charge is -2.22. The quantitative estimate of drug-likeness (QED) is 0.879. The van der Waals surface area contributed by atoms with E-state index in [0.717, 1.165) is 5.56 Å². The Labute approximate surface area is 137 Å². The second kappa shape index (κ2) is 7.37. The van der Waals surface area contributed by atoms with Crippen LogP contribution >= 0.6 is 0 Å². The van der Waals surface area contributed by atoms with Crippen molar-refractivity contribution in [3.05, 3.63) is 53.9 Å². The first-order valence-electron chi connectivity index (χ1n) is 7.42. The minimum atomic E-state index is -4.44. The van der Waals surface area contributed by atoms with Crippen LogP contribution in [0.3, 0.4) is 0 Å². The molecule has 8 heteroatoms. The van der Waals surface area contributed by atoms with Gasteiger partial charge in [0.25, 0.3) is 0 Å². The molecule has 1 aromatic heterocycles. The number of urea groups is 1. The van der Waals surface area contributed by atoms with Gasteiger partial charge in [0.1, 0.15) is 0 Å². The molecule has 0 aliphatic rings. The first-order chi connectivity index (χ1) is 11.3. The molecule has 1 aromatic carbocycles. The lowest BCUT2D eigenvalue weighted by molar-refractivity contribution is -0.149. The Kier molecular flexibility index (Phi) is 5.48. The lowest BCUT2D eigenvalue weighted by atomic mass is 9.98. The van der Waals surface area contributed by atoms with Gasteiger partial charge in [-0.3, -0.25) is 4.68 Å². The van der Waals surface area contributed by atoms with E-state index in [1.807, 2.05) is 0 Å². The van der Waals surface area contributed by atoms with Crippen LogP contribution in [0.25, 0.3) is 0 Å². The van der Waals surface area contributed by atoms with E-state index >= 15 is 0 Å². The Hall–Kier alpha value is -2.51. The van der Waals surface area contributed by atoms with Crippen LogP contribution in [-0.2, 0) is 7.05 Å². The smallest absolute Gasteiger partial charge is 0.337 e. The second-order valence-corrected chi connectivity index (χ2v) is 5.53. The molecule has 24 heavy (non-hydrogen) atoms. The third kappa shape index (κ3) is 4.74. The highest BCUT2D eigenvalue weighted by molar-refractivity contribution is 5.74. The Balaban J connectivity index is 1.95. The highest BCUT2D eigenvalue weighted by Gasteiger charge is 2.40. The molecule has 2 aromatic rings. The molecule has 2 N–H and O–H groups in total. The van der Waals surface area contributed by atoms with Gasteiger partial charge < -0.3 is 10.6 Å². The Morgan fingerprint density at radius 3 is 2.46 bits per heavy atom. The summed E-state index contributed by atoms with van der Waals surface area (Å²) in [6.45, 7) is 1.20. The van der Waals surface area contributed by atoms with Crippen molar-refractivity contribution in [3.63, 3.8) is 0 Å². The number of aryl methyl sites for hydroxylation is 1. The van der Waals surface area contributed by atoms with Crippen LogP contribution in [0, 0.1) is 0 Å². The summed E-state index contributed by atoms with van der Waals surface area (Å²) >= 11 is 0. The van der Waals surface area contributed by atoms with Crippen LogP contribution in [0.4, 0.5) is 18.0 Å². The number of carbonyl (C=O) groups is 1. The van der Waals surface area contributed by atoms with E-state index in [9.17, 15) is 18.0 Å². The van der Waals surface area contributed by atoms with Crippen molar-refractivity contribution >= 4 is 6.03 Å². The zero-order chi connectivity index (χ0) is 17.7. The molecule has 0 bridgehead atoms. The van der Waals surface area contributed by atoms with Crippen LogP contribution < -0.4 is 10.6 Å². The number of nitrogens with zero attached hydrogens (tertiary/aromatic N) is 2. The van der Waals surface area contributed by atoms with Gasteiger partial charge in [0.15, 0.2) is 0 Å². The average Bonchev–Trinajstić information content (AvgIpc) is 2.94. The molecule has 0 radical (unpaired) electrons. The molecule has 0 unspecified atom stereocenters. The summed E-state index contributed by atoms with van der Waals surface area (Å²) in [4.78, 5) is 11.9. The molecule has 2 amide bonds. The van der Waals surface area contributed by atoms with Crippen LogP contribution in [0.2, 0.25) is 0 Å². The van der Waals surface area contributed by atoms with Crippen molar-refractivity contribution in [2.75, 3.05) is 6.54 Å².